The highest BCUT2D eigenvalue weighted by atomic mass is 16.5. The van der Waals surface area contributed by atoms with E-state index >= 15 is 0 Å². The van der Waals surface area contributed by atoms with E-state index in [0.717, 1.165) is 17.7 Å². The van der Waals surface area contributed by atoms with Crippen LogP contribution in [0.2, 0.25) is 0 Å². The summed E-state index contributed by atoms with van der Waals surface area (Å²) in [6, 6.07) is 31.0. The Morgan fingerprint density at radius 1 is 0.792 bits per heavy atom. The van der Waals surface area contributed by atoms with E-state index in [1.165, 1.54) is 5.56 Å². The van der Waals surface area contributed by atoms with Crippen LogP contribution in [0.3, 0.4) is 0 Å². The highest BCUT2D eigenvalue weighted by Crippen LogP contribution is 2.52. The summed E-state index contributed by atoms with van der Waals surface area (Å²) >= 11 is 0. The summed E-state index contributed by atoms with van der Waals surface area (Å²) in [5.74, 6) is 0. The predicted octanol–water partition coefficient (Wildman–Crippen LogP) is 4.47. The monoisotopic (exact) mass is 316 g/mol. The summed E-state index contributed by atoms with van der Waals surface area (Å²) in [6.45, 7) is 0. The Morgan fingerprint density at radius 3 is 1.92 bits per heavy atom. The van der Waals surface area contributed by atoms with Gasteiger partial charge in [0, 0.05) is 12.1 Å². The summed E-state index contributed by atoms with van der Waals surface area (Å²) in [4.78, 5) is 2.26. The molecule has 0 bridgehead atoms. The van der Waals surface area contributed by atoms with Crippen LogP contribution in [0, 0.1) is 0 Å². The van der Waals surface area contributed by atoms with Gasteiger partial charge in [0.1, 0.15) is 5.66 Å². The average Bonchev–Trinajstić information content (AvgIpc) is 2.64. The third-order valence-electron chi connectivity index (χ3n) is 4.87. The Balaban J connectivity index is 1.81. The van der Waals surface area contributed by atoms with E-state index in [4.69, 9.17) is 0 Å². The molecule has 0 radical (unpaired) electrons. The second-order valence-corrected chi connectivity index (χ2v) is 6.17. The fraction of sp³-hybridized carbons (Fsp3) is 0.143. The molecule has 0 saturated carbocycles. The van der Waals surface area contributed by atoms with Crippen LogP contribution in [0.4, 0.5) is 5.69 Å². The summed E-state index contributed by atoms with van der Waals surface area (Å²) in [5, 5.41) is 10.1. The van der Waals surface area contributed by atoms with Gasteiger partial charge in [-0.15, -0.1) is 0 Å². The first-order valence-corrected chi connectivity index (χ1v) is 8.21. The lowest BCUT2D eigenvalue weighted by Crippen LogP contribution is -2.66. The first-order chi connectivity index (χ1) is 11.8. The van der Waals surface area contributed by atoms with Gasteiger partial charge in [-0.1, -0.05) is 78.9 Å². The van der Waals surface area contributed by atoms with Crippen LogP contribution >= 0.6 is 0 Å². The van der Waals surface area contributed by atoms with Crippen LogP contribution in [0.25, 0.3) is 0 Å². The van der Waals surface area contributed by atoms with Crippen LogP contribution in [-0.2, 0) is 5.66 Å². The van der Waals surface area contributed by atoms with Crippen molar-refractivity contribution in [1.82, 2.24) is 5.48 Å². The number of hydroxylamine groups is 1. The Bertz CT molecular complexity index is 792. The maximum absolute atomic E-state index is 10.1. The molecule has 1 unspecified atom stereocenters. The second-order valence-electron chi connectivity index (χ2n) is 6.17. The number of rotatable bonds is 4. The fourth-order valence-electron chi connectivity index (χ4n) is 3.69. The zero-order valence-electron chi connectivity index (χ0n) is 13.3. The van der Waals surface area contributed by atoms with Crippen LogP contribution in [0.15, 0.2) is 91.0 Å². The normalized spacial score (nSPS) is 22.9. The Kier molecular flexibility index (Phi) is 3.81. The third-order valence-corrected chi connectivity index (χ3v) is 4.87. The largest absolute Gasteiger partial charge is 0.340 e. The molecule has 1 aliphatic heterocycles. The molecule has 0 aliphatic carbocycles. The molecule has 2 atom stereocenters. The summed E-state index contributed by atoms with van der Waals surface area (Å²) in [6.07, 6.45) is 0.798. The van der Waals surface area contributed by atoms with Crippen LogP contribution in [0.1, 0.15) is 23.6 Å². The van der Waals surface area contributed by atoms with E-state index < -0.39 is 5.66 Å². The molecule has 4 rings (SSSR count). The predicted molar refractivity (Wildman–Crippen MR) is 95.8 cm³/mol. The van der Waals surface area contributed by atoms with Gasteiger partial charge in [0.05, 0.1) is 6.04 Å². The third kappa shape index (κ3) is 2.30. The minimum absolute atomic E-state index is 0.216. The molecular weight excluding hydrogens is 296 g/mol. The Labute approximate surface area is 142 Å². The van der Waals surface area contributed by atoms with Crippen molar-refractivity contribution >= 4 is 5.69 Å². The lowest BCUT2D eigenvalue weighted by Gasteiger charge is -2.59. The lowest BCUT2D eigenvalue weighted by molar-refractivity contribution is -0.00153. The van der Waals surface area contributed by atoms with E-state index in [0.29, 0.717) is 0 Å². The van der Waals surface area contributed by atoms with Crippen molar-refractivity contribution < 1.29 is 5.21 Å². The molecule has 3 aromatic carbocycles. The molecule has 24 heavy (non-hydrogen) atoms. The molecule has 0 aromatic heterocycles. The highest BCUT2D eigenvalue weighted by molar-refractivity contribution is 5.58. The van der Waals surface area contributed by atoms with Gasteiger partial charge in [-0.25, -0.2) is 0 Å². The van der Waals surface area contributed by atoms with E-state index in [-0.39, 0.29) is 6.04 Å². The first kappa shape index (κ1) is 14.9. The Hall–Kier alpha value is -2.62. The zero-order chi connectivity index (χ0) is 16.4. The zero-order valence-corrected chi connectivity index (χ0v) is 13.3. The number of benzene rings is 3. The molecule has 0 spiro atoms. The van der Waals surface area contributed by atoms with Gasteiger partial charge < -0.3 is 10.1 Å². The van der Waals surface area contributed by atoms with Gasteiger partial charge in [0.15, 0.2) is 0 Å². The maximum atomic E-state index is 10.1. The number of para-hydroxylation sites is 1. The topological polar surface area (TPSA) is 35.5 Å². The molecule has 1 fully saturated rings. The maximum Gasteiger partial charge on any atom is 0.142 e. The average molecular weight is 316 g/mol. The van der Waals surface area contributed by atoms with Crippen LogP contribution in [-0.4, -0.2) is 5.21 Å². The molecule has 1 saturated heterocycles. The highest BCUT2D eigenvalue weighted by Gasteiger charge is 2.53. The van der Waals surface area contributed by atoms with Crippen molar-refractivity contribution in [1.29, 1.82) is 0 Å². The standard InChI is InChI=1S/C21H20N2O/c24-22-21(18-12-6-2-7-13-18)16-20(17-10-4-1-5-11-17)23(21)19-14-8-3-9-15-19/h1-15,20,22,24H,16H2/t20-,21?/m0/s1. The molecular formula is C21H20N2O. The molecule has 120 valence electrons. The molecule has 0 amide bonds. The van der Waals surface area contributed by atoms with Crippen molar-refractivity contribution in [3.63, 3.8) is 0 Å². The van der Waals surface area contributed by atoms with E-state index in [9.17, 15) is 5.21 Å². The number of nitrogens with zero attached hydrogens (tertiary/aromatic N) is 1. The minimum Gasteiger partial charge on any atom is -0.340 e. The fourth-order valence-corrected chi connectivity index (χ4v) is 3.69. The van der Waals surface area contributed by atoms with Gasteiger partial charge in [0.2, 0.25) is 0 Å². The summed E-state index contributed by atoms with van der Waals surface area (Å²) in [5.41, 5.74) is 5.40. The number of hydrogen-bond acceptors (Lipinski definition) is 3. The van der Waals surface area contributed by atoms with Gasteiger partial charge in [0.25, 0.3) is 0 Å². The van der Waals surface area contributed by atoms with Crippen LogP contribution in [0.5, 0.6) is 0 Å². The van der Waals surface area contributed by atoms with Gasteiger partial charge in [-0.05, 0) is 23.3 Å². The van der Waals surface area contributed by atoms with E-state index in [2.05, 4.69) is 58.9 Å². The van der Waals surface area contributed by atoms with Gasteiger partial charge >= 0.3 is 0 Å². The van der Waals surface area contributed by atoms with Crippen molar-refractivity contribution in [2.45, 2.75) is 18.1 Å². The lowest BCUT2D eigenvalue weighted by atomic mass is 9.77. The molecule has 1 heterocycles. The number of hydrogen-bond donors (Lipinski definition) is 2. The summed E-state index contributed by atoms with van der Waals surface area (Å²) < 4.78 is 0. The second kappa shape index (κ2) is 6.11. The van der Waals surface area contributed by atoms with Crippen molar-refractivity contribution in [3.05, 3.63) is 102 Å². The van der Waals surface area contributed by atoms with Crippen molar-refractivity contribution in [2.24, 2.45) is 0 Å². The van der Waals surface area contributed by atoms with Crippen molar-refractivity contribution in [3.8, 4) is 0 Å². The minimum atomic E-state index is -0.608. The molecule has 3 heteroatoms. The number of anilines is 1. The smallest absolute Gasteiger partial charge is 0.142 e. The molecule has 3 aromatic rings. The first-order valence-electron chi connectivity index (χ1n) is 8.21. The summed E-state index contributed by atoms with van der Waals surface area (Å²) in [7, 11) is 0. The molecule has 3 nitrogen and oxygen atoms in total. The molecule has 2 N–H and O–H groups in total. The van der Waals surface area contributed by atoms with Crippen LogP contribution < -0.4 is 10.4 Å². The van der Waals surface area contributed by atoms with Crippen molar-refractivity contribution in [2.75, 3.05) is 4.90 Å². The van der Waals surface area contributed by atoms with Gasteiger partial charge in [-0.2, -0.15) is 5.48 Å². The van der Waals surface area contributed by atoms with E-state index in [1.54, 1.807) is 0 Å². The number of nitrogens with one attached hydrogen (secondary N) is 1. The molecule has 1 aliphatic rings. The van der Waals surface area contributed by atoms with E-state index in [1.807, 2.05) is 42.5 Å². The Morgan fingerprint density at radius 2 is 1.33 bits per heavy atom. The van der Waals surface area contributed by atoms with Gasteiger partial charge in [-0.3, -0.25) is 0 Å². The SMILES string of the molecule is ONC1(c2ccccc2)C[C@@H](c2ccccc2)N1c1ccccc1. The quantitative estimate of drug-likeness (QED) is 0.697.